The number of anilines is 3. The second kappa shape index (κ2) is 6.48. The molecule has 8 nitrogen and oxygen atoms in total. The summed E-state index contributed by atoms with van der Waals surface area (Å²) in [6.45, 7) is 4.97. The Morgan fingerprint density at radius 3 is 2.96 bits per heavy atom. The van der Waals surface area contributed by atoms with Crippen molar-refractivity contribution in [1.82, 2.24) is 25.1 Å². The molecule has 0 bridgehead atoms. The quantitative estimate of drug-likeness (QED) is 0.604. The lowest BCUT2D eigenvalue weighted by atomic mass is 10.3. The number of hydrogen-bond donors (Lipinski definition) is 3. The second-order valence-corrected chi connectivity index (χ2v) is 8.16. The van der Waals surface area contributed by atoms with Crippen molar-refractivity contribution in [2.75, 3.05) is 30.3 Å². The summed E-state index contributed by atoms with van der Waals surface area (Å²) in [7, 11) is 0. The van der Waals surface area contributed by atoms with Crippen LogP contribution in [0.4, 0.5) is 17.6 Å². The molecule has 5 rings (SSSR count). The summed E-state index contributed by atoms with van der Waals surface area (Å²) in [5.74, 6) is 3.47. The van der Waals surface area contributed by atoms with Crippen molar-refractivity contribution in [3.8, 4) is 6.07 Å². The van der Waals surface area contributed by atoms with E-state index >= 15 is 0 Å². The highest BCUT2D eigenvalue weighted by Crippen LogP contribution is 2.47. The standard InChI is InChI=1S/C18H20N8S/c1-10-7-14(25-24-10)20-16-11-3-6-27-17(11)23-18(22-16)21-15-12-8-26(5-2-4-19)9-13(12)15/h3,6-7,12-13,15H,2,5,8-9H2,1H3,(H3,20,21,22,23,24,25). The molecule has 1 aliphatic carbocycles. The average molecular weight is 380 g/mol. The number of rotatable bonds is 6. The molecule has 1 saturated heterocycles. The first-order chi connectivity index (χ1) is 13.2. The fourth-order valence-corrected chi connectivity index (χ4v) is 4.75. The Balaban J connectivity index is 1.31. The van der Waals surface area contributed by atoms with E-state index in [1.54, 1.807) is 11.3 Å². The minimum Gasteiger partial charge on any atom is -0.351 e. The smallest absolute Gasteiger partial charge is 0.226 e. The number of aryl methyl sites for hydroxylation is 1. The lowest BCUT2D eigenvalue weighted by Gasteiger charge is -2.18. The normalized spacial score (nSPS) is 23.9. The number of thiophene rings is 1. The number of hydrogen-bond acceptors (Lipinski definition) is 8. The van der Waals surface area contributed by atoms with Crippen molar-refractivity contribution in [1.29, 1.82) is 5.26 Å². The molecule has 0 radical (unpaired) electrons. The molecule has 0 spiro atoms. The summed E-state index contributed by atoms with van der Waals surface area (Å²) in [6, 6.07) is 6.64. The first-order valence-electron chi connectivity index (χ1n) is 9.11. The lowest BCUT2D eigenvalue weighted by molar-refractivity contribution is 0.307. The molecular formula is C18H20N8S. The van der Waals surface area contributed by atoms with E-state index in [2.05, 4.69) is 31.8 Å². The molecule has 1 aliphatic heterocycles. The topological polar surface area (TPSA) is 106 Å². The fourth-order valence-electron chi connectivity index (χ4n) is 3.99. The monoisotopic (exact) mass is 380 g/mol. The summed E-state index contributed by atoms with van der Waals surface area (Å²) < 4.78 is 0. The maximum Gasteiger partial charge on any atom is 0.226 e. The number of aromatic amines is 1. The van der Waals surface area contributed by atoms with Crippen LogP contribution in [-0.4, -0.2) is 50.7 Å². The molecule has 27 heavy (non-hydrogen) atoms. The van der Waals surface area contributed by atoms with E-state index in [0.717, 1.165) is 47.2 Å². The molecule has 138 valence electrons. The third-order valence-corrected chi connectivity index (χ3v) is 6.19. The van der Waals surface area contributed by atoms with E-state index in [-0.39, 0.29) is 0 Å². The van der Waals surface area contributed by atoms with Gasteiger partial charge in [-0.15, -0.1) is 11.3 Å². The van der Waals surface area contributed by atoms with Crippen LogP contribution in [0.15, 0.2) is 17.5 Å². The molecule has 3 aromatic heterocycles. The highest BCUT2D eigenvalue weighted by atomic mass is 32.1. The van der Waals surface area contributed by atoms with Crippen molar-refractivity contribution >= 4 is 39.1 Å². The summed E-state index contributed by atoms with van der Waals surface area (Å²) >= 11 is 1.61. The average Bonchev–Trinajstić information content (AvgIpc) is 3.13. The van der Waals surface area contributed by atoms with Crippen LogP contribution in [0.2, 0.25) is 0 Å². The highest BCUT2D eigenvalue weighted by Gasteiger charge is 2.55. The Bertz CT molecular complexity index is 1010. The van der Waals surface area contributed by atoms with Gasteiger partial charge in [-0.3, -0.25) is 5.10 Å². The maximum atomic E-state index is 8.74. The summed E-state index contributed by atoms with van der Waals surface area (Å²) in [4.78, 5) is 12.8. The van der Waals surface area contributed by atoms with Crippen LogP contribution in [0.3, 0.4) is 0 Å². The first kappa shape index (κ1) is 16.5. The van der Waals surface area contributed by atoms with Gasteiger partial charge >= 0.3 is 0 Å². The van der Waals surface area contributed by atoms with Crippen molar-refractivity contribution in [3.05, 3.63) is 23.2 Å². The predicted octanol–water partition coefficient (Wildman–Crippen LogP) is 2.72. The van der Waals surface area contributed by atoms with Crippen molar-refractivity contribution < 1.29 is 0 Å². The second-order valence-electron chi connectivity index (χ2n) is 7.26. The van der Waals surface area contributed by atoms with E-state index in [1.807, 2.05) is 24.4 Å². The number of nitrogens with zero attached hydrogens (tertiary/aromatic N) is 5. The Morgan fingerprint density at radius 2 is 2.22 bits per heavy atom. The molecule has 9 heteroatoms. The van der Waals surface area contributed by atoms with E-state index in [9.17, 15) is 0 Å². The van der Waals surface area contributed by atoms with Crippen LogP contribution in [-0.2, 0) is 0 Å². The molecule has 2 atom stereocenters. The molecule has 1 saturated carbocycles. The Hall–Kier alpha value is -2.70. The SMILES string of the molecule is Cc1cc(Nc2nc(NC3C4CN(CCC#N)CC43)nc3sccc23)n[nH]1. The van der Waals surface area contributed by atoms with Crippen LogP contribution in [0.5, 0.6) is 0 Å². The van der Waals surface area contributed by atoms with Gasteiger partial charge < -0.3 is 15.5 Å². The van der Waals surface area contributed by atoms with E-state index in [1.165, 1.54) is 0 Å². The van der Waals surface area contributed by atoms with E-state index in [4.69, 9.17) is 15.2 Å². The molecule has 2 fully saturated rings. The predicted molar refractivity (Wildman–Crippen MR) is 105 cm³/mol. The molecule has 3 N–H and O–H groups in total. The van der Waals surface area contributed by atoms with Gasteiger partial charge in [0, 0.05) is 43.9 Å². The fraction of sp³-hybridized carbons (Fsp3) is 0.444. The molecule has 3 aromatic rings. The minimum atomic E-state index is 0.432. The van der Waals surface area contributed by atoms with Crippen LogP contribution in [0.1, 0.15) is 12.1 Å². The zero-order chi connectivity index (χ0) is 18.4. The molecule has 2 unspecified atom stereocenters. The number of piperidine rings is 1. The largest absolute Gasteiger partial charge is 0.351 e. The van der Waals surface area contributed by atoms with Gasteiger partial charge in [-0.1, -0.05) is 0 Å². The van der Waals surface area contributed by atoms with Gasteiger partial charge in [-0.2, -0.15) is 15.3 Å². The van der Waals surface area contributed by atoms with Gasteiger partial charge in [-0.05, 0) is 30.2 Å². The molecule has 4 heterocycles. The van der Waals surface area contributed by atoms with Gasteiger partial charge in [0.1, 0.15) is 10.6 Å². The van der Waals surface area contributed by atoms with Gasteiger partial charge in [0.15, 0.2) is 5.82 Å². The Labute approximate surface area is 160 Å². The molecule has 0 amide bonds. The highest BCUT2D eigenvalue weighted by molar-refractivity contribution is 7.16. The number of nitriles is 1. The summed E-state index contributed by atoms with van der Waals surface area (Å²) in [5, 5.41) is 25.8. The summed E-state index contributed by atoms with van der Waals surface area (Å²) in [5.41, 5.74) is 0.998. The third-order valence-electron chi connectivity index (χ3n) is 5.38. The first-order valence-corrected chi connectivity index (χ1v) is 9.99. The Morgan fingerprint density at radius 1 is 1.37 bits per heavy atom. The van der Waals surface area contributed by atoms with E-state index < -0.39 is 0 Å². The van der Waals surface area contributed by atoms with Crippen molar-refractivity contribution in [3.63, 3.8) is 0 Å². The number of fused-ring (bicyclic) bond motifs is 2. The Kier molecular flexibility index (Phi) is 3.95. The van der Waals surface area contributed by atoms with Crippen molar-refractivity contribution in [2.24, 2.45) is 11.8 Å². The molecule has 2 aliphatic rings. The van der Waals surface area contributed by atoms with Gasteiger partial charge in [0.25, 0.3) is 0 Å². The summed E-state index contributed by atoms with van der Waals surface area (Å²) in [6.07, 6.45) is 0.609. The lowest BCUT2D eigenvalue weighted by Crippen LogP contribution is -2.29. The number of aromatic nitrogens is 4. The molecule has 0 aromatic carbocycles. The van der Waals surface area contributed by atoms with Crippen LogP contribution in [0.25, 0.3) is 10.2 Å². The van der Waals surface area contributed by atoms with Crippen molar-refractivity contribution in [2.45, 2.75) is 19.4 Å². The number of likely N-dealkylation sites (tertiary alicyclic amines) is 1. The zero-order valence-corrected chi connectivity index (χ0v) is 15.8. The zero-order valence-electron chi connectivity index (χ0n) is 14.9. The molecular weight excluding hydrogens is 360 g/mol. The van der Waals surface area contributed by atoms with Gasteiger partial charge in [0.05, 0.1) is 11.5 Å². The third kappa shape index (κ3) is 3.11. The maximum absolute atomic E-state index is 8.74. The number of H-pyrrole nitrogens is 1. The van der Waals surface area contributed by atoms with Crippen LogP contribution in [0, 0.1) is 30.1 Å². The number of nitrogens with one attached hydrogen (secondary N) is 3. The van der Waals surface area contributed by atoms with Crippen LogP contribution < -0.4 is 10.6 Å². The van der Waals surface area contributed by atoms with Gasteiger partial charge in [0.2, 0.25) is 5.95 Å². The van der Waals surface area contributed by atoms with Crippen LogP contribution >= 0.6 is 11.3 Å². The minimum absolute atomic E-state index is 0.432. The van der Waals surface area contributed by atoms with Gasteiger partial charge in [-0.25, -0.2) is 4.98 Å². The van der Waals surface area contributed by atoms with E-state index in [0.29, 0.717) is 30.2 Å².